The highest BCUT2D eigenvalue weighted by molar-refractivity contribution is 7.15. The second kappa shape index (κ2) is 7.51. The molecule has 24 heavy (non-hydrogen) atoms. The van der Waals surface area contributed by atoms with Crippen LogP contribution in [0.1, 0.15) is 10.8 Å². The van der Waals surface area contributed by atoms with E-state index >= 15 is 0 Å². The minimum Gasteiger partial charge on any atom is -0.483 e. The third-order valence-corrected chi connectivity index (χ3v) is 3.64. The van der Waals surface area contributed by atoms with Crippen molar-refractivity contribution in [2.75, 3.05) is 5.32 Å². The van der Waals surface area contributed by atoms with Gasteiger partial charge in [-0.05, 0) is 30.3 Å². The first-order valence-electron chi connectivity index (χ1n) is 6.93. The quantitative estimate of drug-likeness (QED) is 0.692. The minimum atomic E-state index is -0.446. The summed E-state index contributed by atoms with van der Waals surface area (Å²) in [6, 6.07) is 9.55. The smallest absolute Gasteiger partial charge is 0.250 e. The van der Waals surface area contributed by atoms with Crippen LogP contribution in [0.25, 0.3) is 6.08 Å². The van der Waals surface area contributed by atoms with Crippen LogP contribution in [0.5, 0.6) is 5.75 Å². The molecule has 0 fully saturated rings. The van der Waals surface area contributed by atoms with Crippen LogP contribution < -0.4 is 10.1 Å². The molecule has 1 N–H and O–H groups in total. The van der Waals surface area contributed by atoms with Gasteiger partial charge < -0.3 is 9.15 Å². The number of nitrogens with one attached hydrogen (secondary N) is 1. The monoisotopic (exact) mass is 345 g/mol. The number of nitrogens with zero attached hydrogens (tertiary/aromatic N) is 2. The molecular weight excluding hydrogens is 333 g/mol. The van der Waals surface area contributed by atoms with Crippen molar-refractivity contribution >= 4 is 28.5 Å². The average molecular weight is 345 g/mol. The fourth-order valence-corrected chi connectivity index (χ4v) is 2.41. The van der Waals surface area contributed by atoms with Crippen LogP contribution in [-0.4, -0.2) is 16.1 Å². The molecule has 0 aliphatic carbocycles. The first-order valence-corrected chi connectivity index (χ1v) is 7.74. The normalized spacial score (nSPS) is 10.9. The van der Waals surface area contributed by atoms with Crippen LogP contribution in [0.15, 0.2) is 53.2 Å². The summed E-state index contributed by atoms with van der Waals surface area (Å²) in [6.45, 7) is 0.0662. The molecule has 0 aliphatic heterocycles. The molecular formula is C16H12FN3O3S. The molecule has 122 valence electrons. The summed E-state index contributed by atoms with van der Waals surface area (Å²) in [5.41, 5.74) is 0. The van der Waals surface area contributed by atoms with E-state index in [4.69, 9.17) is 9.15 Å². The van der Waals surface area contributed by atoms with E-state index in [-0.39, 0.29) is 18.3 Å². The van der Waals surface area contributed by atoms with E-state index in [2.05, 4.69) is 15.5 Å². The molecule has 0 radical (unpaired) electrons. The van der Waals surface area contributed by atoms with E-state index < -0.39 is 5.82 Å². The minimum absolute atomic E-state index is 0.0662. The SMILES string of the molecule is O=C(C=Cc1ccco1)Nc1nnc(COc2ccccc2F)s1. The molecule has 0 saturated heterocycles. The largest absolute Gasteiger partial charge is 0.483 e. The van der Waals surface area contributed by atoms with Crippen molar-refractivity contribution in [1.29, 1.82) is 0 Å². The number of para-hydroxylation sites is 1. The van der Waals surface area contributed by atoms with Crippen LogP contribution >= 0.6 is 11.3 Å². The number of rotatable bonds is 6. The maximum absolute atomic E-state index is 13.4. The van der Waals surface area contributed by atoms with Gasteiger partial charge in [-0.25, -0.2) is 4.39 Å². The van der Waals surface area contributed by atoms with E-state index in [1.807, 2.05) is 0 Å². The van der Waals surface area contributed by atoms with Crippen LogP contribution in [0.4, 0.5) is 9.52 Å². The predicted molar refractivity (Wildman–Crippen MR) is 87.0 cm³/mol. The summed E-state index contributed by atoms with van der Waals surface area (Å²) in [6.07, 6.45) is 4.39. The van der Waals surface area contributed by atoms with Crippen molar-refractivity contribution in [2.45, 2.75) is 6.61 Å². The summed E-state index contributed by atoms with van der Waals surface area (Å²) in [4.78, 5) is 11.8. The number of amides is 1. The van der Waals surface area contributed by atoms with Gasteiger partial charge in [0.25, 0.3) is 0 Å². The molecule has 2 aromatic heterocycles. The number of ether oxygens (including phenoxy) is 1. The lowest BCUT2D eigenvalue weighted by Gasteiger charge is -2.03. The van der Waals surface area contributed by atoms with Gasteiger partial charge in [0, 0.05) is 6.08 Å². The number of anilines is 1. The van der Waals surface area contributed by atoms with Crippen molar-refractivity contribution in [3.05, 3.63) is 65.3 Å². The zero-order valence-corrected chi connectivity index (χ0v) is 13.1. The number of aromatic nitrogens is 2. The van der Waals surface area contributed by atoms with Gasteiger partial charge in [0.05, 0.1) is 6.26 Å². The van der Waals surface area contributed by atoms with Gasteiger partial charge in [0.15, 0.2) is 16.6 Å². The Kier molecular flexibility index (Phi) is 4.97. The number of hydrogen-bond donors (Lipinski definition) is 1. The standard InChI is InChI=1S/C16H12FN3O3S/c17-12-5-1-2-6-13(12)23-10-15-19-20-16(24-15)18-14(21)8-7-11-4-3-9-22-11/h1-9H,10H2,(H,18,20,21). The molecule has 1 amide bonds. The average Bonchev–Trinajstić information content (AvgIpc) is 3.24. The first kappa shape index (κ1) is 15.9. The van der Waals surface area contributed by atoms with E-state index in [1.54, 1.807) is 30.3 Å². The molecule has 3 aromatic rings. The molecule has 6 nitrogen and oxygen atoms in total. The van der Waals surface area contributed by atoms with E-state index in [0.29, 0.717) is 15.9 Å². The molecule has 0 unspecified atom stereocenters. The summed E-state index contributed by atoms with van der Waals surface area (Å²) in [5, 5.41) is 11.2. The third-order valence-electron chi connectivity index (χ3n) is 2.83. The van der Waals surface area contributed by atoms with Crippen molar-refractivity contribution in [2.24, 2.45) is 0 Å². The Bertz CT molecular complexity index is 846. The fraction of sp³-hybridized carbons (Fsp3) is 0.0625. The van der Waals surface area contributed by atoms with Crippen molar-refractivity contribution in [1.82, 2.24) is 10.2 Å². The highest BCUT2D eigenvalue weighted by Crippen LogP contribution is 2.20. The van der Waals surface area contributed by atoms with E-state index in [0.717, 1.165) is 11.3 Å². The number of benzene rings is 1. The number of carbonyl (C=O) groups excluding carboxylic acids is 1. The molecule has 8 heteroatoms. The van der Waals surface area contributed by atoms with Gasteiger partial charge >= 0.3 is 0 Å². The Balaban J connectivity index is 1.53. The maximum Gasteiger partial charge on any atom is 0.250 e. The molecule has 0 bridgehead atoms. The van der Waals surface area contributed by atoms with Crippen LogP contribution in [-0.2, 0) is 11.4 Å². The number of halogens is 1. The lowest BCUT2D eigenvalue weighted by molar-refractivity contribution is -0.111. The fourth-order valence-electron chi connectivity index (χ4n) is 1.75. The van der Waals surface area contributed by atoms with Crippen LogP contribution in [0, 0.1) is 5.82 Å². The Hall–Kier alpha value is -3.00. The lowest BCUT2D eigenvalue weighted by Crippen LogP contribution is -2.07. The Morgan fingerprint density at radius 1 is 1.29 bits per heavy atom. The van der Waals surface area contributed by atoms with Gasteiger partial charge in [-0.1, -0.05) is 23.5 Å². The molecule has 0 atom stereocenters. The zero-order chi connectivity index (χ0) is 16.8. The van der Waals surface area contributed by atoms with Gasteiger partial charge in [-0.15, -0.1) is 10.2 Å². The molecule has 3 rings (SSSR count). The van der Waals surface area contributed by atoms with Crippen LogP contribution in [0.2, 0.25) is 0 Å². The van der Waals surface area contributed by atoms with Crippen molar-refractivity contribution in [3.8, 4) is 5.75 Å². The molecule has 2 heterocycles. The zero-order valence-electron chi connectivity index (χ0n) is 12.3. The van der Waals surface area contributed by atoms with Crippen LogP contribution in [0.3, 0.4) is 0 Å². The molecule has 0 saturated carbocycles. The Labute approximate surface area is 140 Å². The van der Waals surface area contributed by atoms with E-state index in [1.165, 1.54) is 24.5 Å². The molecule has 0 aliphatic rings. The highest BCUT2D eigenvalue weighted by Gasteiger charge is 2.08. The Morgan fingerprint density at radius 2 is 2.17 bits per heavy atom. The number of furan rings is 1. The third kappa shape index (κ3) is 4.26. The van der Waals surface area contributed by atoms with Crippen molar-refractivity contribution in [3.63, 3.8) is 0 Å². The summed E-state index contributed by atoms with van der Waals surface area (Å²) in [7, 11) is 0. The predicted octanol–water partition coefficient (Wildman–Crippen LogP) is 3.50. The van der Waals surface area contributed by atoms with Gasteiger partial charge in [-0.2, -0.15) is 0 Å². The molecule has 0 spiro atoms. The number of carbonyl (C=O) groups is 1. The Morgan fingerprint density at radius 3 is 2.96 bits per heavy atom. The van der Waals surface area contributed by atoms with Crippen molar-refractivity contribution < 1.29 is 18.3 Å². The van der Waals surface area contributed by atoms with E-state index in [9.17, 15) is 9.18 Å². The summed E-state index contributed by atoms with van der Waals surface area (Å²) < 4.78 is 23.9. The second-order valence-corrected chi connectivity index (χ2v) is 5.62. The number of hydrogen-bond acceptors (Lipinski definition) is 6. The van der Waals surface area contributed by atoms with Gasteiger partial charge in [0.1, 0.15) is 12.4 Å². The summed E-state index contributed by atoms with van der Waals surface area (Å²) >= 11 is 1.15. The second-order valence-electron chi connectivity index (χ2n) is 4.56. The lowest BCUT2D eigenvalue weighted by atomic mass is 10.3. The highest BCUT2D eigenvalue weighted by atomic mass is 32.1. The van der Waals surface area contributed by atoms with Gasteiger partial charge in [0.2, 0.25) is 11.0 Å². The van der Waals surface area contributed by atoms with Gasteiger partial charge in [-0.3, -0.25) is 10.1 Å². The summed E-state index contributed by atoms with van der Waals surface area (Å²) in [5.74, 6) is -0.0937. The first-order chi connectivity index (χ1) is 11.7. The topological polar surface area (TPSA) is 77.3 Å². The maximum atomic E-state index is 13.4. The molecule has 1 aromatic carbocycles.